The third-order valence-electron chi connectivity index (χ3n) is 5.53. The predicted octanol–water partition coefficient (Wildman–Crippen LogP) is 5.61. The fraction of sp³-hybridized carbons (Fsp3) is 0.333. The van der Waals surface area contributed by atoms with Crippen LogP contribution in [0.25, 0.3) is 11.4 Å². The van der Waals surface area contributed by atoms with Crippen molar-refractivity contribution < 1.29 is 9.53 Å². The normalized spacial score (nSPS) is 17.2. The number of fused-ring (bicyclic) bond motifs is 1. The highest BCUT2D eigenvalue weighted by Crippen LogP contribution is 2.37. The lowest BCUT2D eigenvalue weighted by Gasteiger charge is -2.24. The third kappa shape index (κ3) is 4.43. The maximum absolute atomic E-state index is 11.7. The van der Waals surface area contributed by atoms with Crippen LogP contribution in [0.3, 0.4) is 0 Å². The molecule has 1 aliphatic carbocycles. The fourth-order valence-electron chi connectivity index (χ4n) is 4.09. The van der Waals surface area contributed by atoms with E-state index in [1.54, 1.807) is 12.3 Å². The molecule has 0 saturated carbocycles. The molecule has 4 rings (SSSR count). The lowest BCUT2D eigenvalue weighted by Crippen LogP contribution is -2.27. The van der Waals surface area contributed by atoms with Crippen LogP contribution in [0, 0.1) is 0 Å². The summed E-state index contributed by atoms with van der Waals surface area (Å²) in [5, 5.41) is 4.43. The first-order chi connectivity index (χ1) is 15.4. The first-order valence-electron chi connectivity index (χ1n) is 10.6. The zero-order valence-corrected chi connectivity index (χ0v) is 19.7. The third-order valence-corrected chi connectivity index (χ3v) is 6.03. The van der Waals surface area contributed by atoms with Gasteiger partial charge >= 0.3 is 5.97 Å². The average molecular weight is 471 g/mol. The van der Waals surface area contributed by atoms with Gasteiger partial charge in [-0.2, -0.15) is 0 Å². The van der Waals surface area contributed by atoms with Crippen molar-refractivity contribution in [3.05, 3.63) is 69.1 Å². The van der Waals surface area contributed by atoms with Crippen molar-refractivity contribution >= 4 is 35.0 Å². The Morgan fingerprint density at radius 2 is 1.88 bits per heavy atom. The molecule has 8 heteroatoms. The molecule has 0 saturated heterocycles. The number of carbonyl (C=O) groups excluding carboxylic acids is 1. The van der Waals surface area contributed by atoms with E-state index in [-0.39, 0.29) is 18.1 Å². The molecular weight excluding hydrogens is 447 g/mol. The van der Waals surface area contributed by atoms with Crippen molar-refractivity contribution in [3.63, 3.8) is 0 Å². The summed E-state index contributed by atoms with van der Waals surface area (Å²) in [6.07, 6.45) is 3.21. The quantitative estimate of drug-likeness (QED) is 0.471. The summed E-state index contributed by atoms with van der Waals surface area (Å²) in [5.74, 6) is 0.376. The predicted molar refractivity (Wildman–Crippen MR) is 126 cm³/mol. The first-order valence-corrected chi connectivity index (χ1v) is 11.4. The molecule has 1 N–H and O–H groups in total. The molecule has 1 aromatic carbocycles. The second-order valence-corrected chi connectivity index (χ2v) is 8.52. The average Bonchev–Trinajstić information content (AvgIpc) is 3.10. The Kier molecular flexibility index (Phi) is 6.63. The second-order valence-electron chi connectivity index (χ2n) is 7.68. The molecule has 0 aliphatic heterocycles. The number of carbonyl (C=O) groups is 1. The van der Waals surface area contributed by atoms with Gasteiger partial charge in [-0.05, 0) is 30.0 Å². The number of halogens is 2. The molecule has 2 aromatic heterocycles. The summed E-state index contributed by atoms with van der Waals surface area (Å²) in [7, 11) is 0. The Morgan fingerprint density at radius 3 is 2.56 bits per heavy atom. The molecule has 6 nitrogen and oxygen atoms in total. The molecule has 0 radical (unpaired) electrons. The van der Waals surface area contributed by atoms with Crippen molar-refractivity contribution in [2.24, 2.45) is 0 Å². The highest BCUT2D eigenvalue weighted by molar-refractivity contribution is 6.36. The first kappa shape index (κ1) is 22.5. The number of hydrogen-bond donors (Lipinski definition) is 1. The Labute approximate surface area is 197 Å². The summed E-state index contributed by atoms with van der Waals surface area (Å²) >= 11 is 12.4. The van der Waals surface area contributed by atoms with E-state index < -0.39 is 0 Å². The largest absolute Gasteiger partial charge is 0.460 e. The van der Waals surface area contributed by atoms with Crippen LogP contribution in [0.2, 0.25) is 10.0 Å². The number of aromatic nitrogens is 3. The zero-order chi connectivity index (χ0) is 22.8. The number of benzene rings is 1. The van der Waals surface area contributed by atoms with E-state index in [1.807, 2.05) is 26.0 Å². The standard InChI is InChI=1S/C24H24Cl2N4O2/c1-4-18-23(22-17(26)11-15(25)12-27-22)28-19(5-2)24(29-18)30-21-16-9-7-6-8-14(16)10-20(21)32-13(3)31/h6-9,11-12,20-21H,4-5,10H2,1-3H3,(H,29,30)/t20-,21-/m0/s1. The van der Waals surface area contributed by atoms with Gasteiger partial charge in [0.05, 0.1) is 27.5 Å². The minimum absolute atomic E-state index is 0.206. The summed E-state index contributed by atoms with van der Waals surface area (Å²) in [6, 6.07) is 9.56. The van der Waals surface area contributed by atoms with E-state index in [4.69, 9.17) is 37.9 Å². The number of anilines is 1. The van der Waals surface area contributed by atoms with Crippen LogP contribution in [-0.4, -0.2) is 27.0 Å². The number of hydrogen-bond acceptors (Lipinski definition) is 6. The number of esters is 1. The highest BCUT2D eigenvalue weighted by Gasteiger charge is 2.35. The van der Waals surface area contributed by atoms with Gasteiger partial charge in [0.25, 0.3) is 0 Å². The van der Waals surface area contributed by atoms with Crippen LogP contribution >= 0.6 is 23.2 Å². The zero-order valence-electron chi connectivity index (χ0n) is 18.2. The highest BCUT2D eigenvalue weighted by atomic mass is 35.5. The molecule has 3 aromatic rings. The molecule has 2 heterocycles. The molecule has 0 fully saturated rings. The number of aryl methyl sites for hydroxylation is 2. The molecule has 32 heavy (non-hydrogen) atoms. The minimum atomic E-state index is -0.312. The lowest BCUT2D eigenvalue weighted by atomic mass is 10.1. The van der Waals surface area contributed by atoms with Gasteiger partial charge in [0, 0.05) is 19.5 Å². The monoisotopic (exact) mass is 470 g/mol. The SMILES string of the molecule is CCc1nc(-c2ncc(Cl)cc2Cl)c(CC)nc1N[C@H]1c2ccccc2C[C@@H]1OC(C)=O. The molecule has 0 spiro atoms. The van der Waals surface area contributed by atoms with Crippen LogP contribution < -0.4 is 5.32 Å². The molecular formula is C24H24Cl2N4O2. The van der Waals surface area contributed by atoms with Crippen LogP contribution in [-0.2, 0) is 28.8 Å². The molecule has 1 aliphatic rings. The smallest absolute Gasteiger partial charge is 0.302 e. The van der Waals surface area contributed by atoms with Gasteiger partial charge in [0.1, 0.15) is 23.3 Å². The van der Waals surface area contributed by atoms with Gasteiger partial charge < -0.3 is 10.1 Å². The molecule has 0 amide bonds. The second kappa shape index (κ2) is 9.43. The van der Waals surface area contributed by atoms with Gasteiger partial charge in [-0.3, -0.25) is 9.78 Å². The van der Waals surface area contributed by atoms with Gasteiger partial charge in [0.2, 0.25) is 0 Å². The van der Waals surface area contributed by atoms with Gasteiger partial charge in [-0.15, -0.1) is 0 Å². The van der Waals surface area contributed by atoms with Crippen LogP contribution in [0.1, 0.15) is 49.3 Å². The van der Waals surface area contributed by atoms with E-state index in [2.05, 4.69) is 22.4 Å². The van der Waals surface area contributed by atoms with E-state index in [9.17, 15) is 4.79 Å². The Balaban J connectivity index is 1.75. The summed E-state index contributed by atoms with van der Waals surface area (Å²) in [5.41, 5.74) is 5.04. The Morgan fingerprint density at radius 1 is 1.12 bits per heavy atom. The summed E-state index contributed by atoms with van der Waals surface area (Å²) < 4.78 is 5.64. The molecule has 166 valence electrons. The van der Waals surface area contributed by atoms with E-state index in [1.165, 1.54) is 6.92 Å². The van der Waals surface area contributed by atoms with Gasteiger partial charge in [-0.1, -0.05) is 61.3 Å². The maximum Gasteiger partial charge on any atom is 0.302 e. The number of pyridine rings is 1. The van der Waals surface area contributed by atoms with Crippen molar-refractivity contribution in [1.82, 2.24) is 15.0 Å². The van der Waals surface area contributed by atoms with Gasteiger partial charge in [0.15, 0.2) is 0 Å². The van der Waals surface area contributed by atoms with Crippen molar-refractivity contribution in [3.8, 4) is 11.4 Å². The van der Waals surface area contributed by atoms with Crippen molar-refractivity contribution in [2.75, 3.05) is 5.32 Å². The minimum Gasteiger partial charge on any atom is -0.460 e. The summed E-state index contributed by atoms with van der Waals surface area (Å²) in [6.45, 7) is 5.47. The van der Waals surface area contributed by atoms with E-state index >= 15 is 0 Å². The van der Waals surface area contributed by atoms with E-state index in [0.29, 0.717) is 46.5 Å². The van der Waals surface area contributed by atoms with Crippen LogP contribution in [0.15, 0.2) is 36.5 Å². The molecule has 0 unspecified atom stereocenters. The number of nitrogens with zero attached hydrogens (tertiary/aromatic N) is 3. The summed E-state index contributed by atoms with van der Waals surface area (Å²) in [4.78, 5) is 25.9. The number of nitrogens with one attached hydrogen (secondary N) is 1. The van der Waals surface area contributed by atoms with Crippen LogP contribution in [0.5, 0.6) is 0 Å². The number of ether oxygens (including phenoxy) is 1. The maximum atomic E-state index is 11.7. The van der Waals surface area contributed by atoms with Crippen molar-refractivity contribution in [2.45, 2.75) is 52.2 Å². The fourth-order valence-corrected chi connectivity index (χ4v) is 4.56. The topological polar surface area (TPSA) is 77.0 Å². The van der Waals surface area contributed by atoms with Gasteiger partial charge in [-0.25, -0.2) is 9.97 Å². The van der Waals surface area contributed by atoms with Crippen molar-refractivity contribution in [1.29, 1.82) is 0 Å². The molecule has 2 atom stereocenters. The molecule has 0 bridgehead atoms. The van der Waals surface area contributed by atoms with Crippen LogP contribution in [0.4, 0.5) is 5.82 Å². The lowest BCUT2D eigenvalue weighted by molar-refractivity contribution is -0.146. The Bertz CT molecular complexity index is 1170. The van der Waals surface area contributed by atoms with E-state index in [0.717, 1.165) is 22.5 Å². The Hall–Kier alpha value is -2.70. The number of rotatable bonds is 6.